The molecule has 1 aliphatic heterocycles. The SMILES string of the molecule is O=C1NC(=O)N(c2ccc(Br)cc2)C(=O)[C@@H]1C=Nc1cccc(C(F)(F)F)c1. The van der Waals surface area contributed by atoms with Crippen LogP contribution in [0.3, 0.4) is 0 Å². The highest BCUT2D eigenvalue weighted by Crippen LogP contribution is 2.31. The fraction of sp³-hybridized carbons (Fsp3) is 0.111. The fourth-order valence-corrected chi connectivity index (χ4v) is 2.74. The van der Waals surface area contributed by atoms with Crippen molar-refractivity contribution in [2.75, 3.05) is 4.90 Å². The second kappa shape index (κ2) is 7.55. The fourth-order valence-electron chi connectivity index (χ4n) is 2.48. The molecular formula is C18H11BrF3N3O3. The molecule has 1 saturated heterocycles. The number of halogens is 4. The summed E-state index contributed by atoms with van der Waals surface area (Å²) in [5.74, 6) is -3.22. The smallest absolute Gasteiger partial charge is 0.276 e. The number of nitrogens with one attached hydrogen (secondary N) is 1. The van der Waals surface area contributed by atoms with Gasteiger partial charge >= 0.3 is 12.2 Å². The Morgan fingerprint density at radius 3 is 2.39 bits per heavy atom. The molecule has 1 heterocycles. The second-order valence-electron chi connectivity index (χ2n) is 5.75. The number of carbonyl (C=O) groups excluding carboxylic acids is 3. The van der Waals surface area contributed by atoms with Gasteiger partial charge in [-0.1, -0.05) is 22.0 Å². The molecule has 0 aromatic heterocycles. The number of urea groups is 1. The van der Waals surface area contributed by atoms with Gasteiger partial charge in [-0.25, -0.2) is 9.69 Å². The van der Waals surface area contributed by atoms with Gasteiger partial charge in [0.2, 0.25) is 5.91 Å². The van der Waals surface area contributed by atoms with E-state index in [4.69, 9.17) is 0 Å². The predicted molar refractivity (Wildman–Crippen MR) is 98.3 cm³/mol. The van der Waals surface area contributed by atoms with Crippen LogP contribution in [0.25, 0.3) is 0 Å². The molecule has 0 unspecified atom stereocenters. The lowest BCUT2D eigenvalue weighted by atomic mass is 10.1. The standard InChI is InChI=1S/C18H11BrF3N3O3/c19-11-4-6-13(7-5-11)25-16(27)14(15(26)24-17(25)28)9-23-12-3-1-2-10(8-12)18(20,21)22/h1-9,14H,(H,24,26,28)/t14-/m1/s1. The zero-order valence-corrected chi connectivity index (χ0v) is 15.5. The molecule has 0 aliphatic carbocycles. The van der Waals surface area contributed by atoms with E-state index in [1.54, 1.807) is 12.1 Å². The Labute approximate surface area is 165 Å². The predicted octanol–water partition coefficient (Wildman–Crippen LogP) is 4.07. The monoisotopic (exact) mass is 453 g/mol. The van der Waals surface area contributed by atoms with Crippen LogP contribution >= 0.6 is 15.9 Å². The number of barbiturate groups is 1. The molecule has 1 fully saturated rings. The highest BCUT2D eigenvalue weighted by Gasteiger charge is 2.40. The van der Waals surface area contributed by atoms with Gasteiger partial charge in [0.05, 0.1) is 16.9 Å². The summed E-state index contributed by atoms with van der Waals surface area (Å²) in [6, 6.07) is 9.43. The minimum Gasteiger partial charge on any atom is -0.276 e. The summed E-state index contributed by atoms with van der Waals surface area (Å²) in [4.78, 5) is 41.3. The normalized spacial score (nSPS) is 17.9. The van der Waals surface area contributed by atoms with Crippen LogP contribution in [-0.4, -0.2) is 24.1 Å². The molecule has 1 aliphatic rings. The maximum atomic E-state index is 12.8. The van der Waals surface area contributed by atoms with Gasteiger partial charge in [-0.05, 0) is 42.5 Å². The number of benzene rings is 2. The third kappa shape index (κ3) is 4.11. The summed E-state index contributed by atoms with van der Waals surface area (Å²) in [5, 5.41) is 2.04. The molecule has 4 amide bonds. The largest absolute Gasteiger partial charge is 0.416 e. The van der Waals surface area contributed by atoms with Crippen molar-refractivity contribution in [1.29, 1.82) is 0 Å². The molecule has 0 spiro atoms. The molecule has 10 heteroatoms. The molecule has 6 nitrogen and oxygen atoms in total. The van der Waals surface area contributed by atoms with Crippen molar-refractivity contribution in [3.05, 3.63) is 58.6 Å². The number of imide groups is 2. The van der Waals surface area contributed by atoms with Crippen LogP contribution in [0.2, 0.25) is 0 Å². The van der Waals surface area contributed by atoms with Crippen LogP contribution in [0.4, 0.5) is 29.3 Å². The minimum atomic E-state index is -4.55. The lowest BCUT2D eigenvalue weighted by molar-refractivity contribution is -0.137. The zero-order valence-electron chi connectivity index (χ0n) is 13.9. The van der Waals surface area contributed by atoms with E-state index in [1.807, 2.05) is 5.32 Å². The molecule has 3 rings (SSSR count). The van der Waals surface area contributed by atoms with E-state index in [0.29, 0.717) is 0 Å². The molecule has 0 saturated carbocycles. The van der Waals surface area contributed by atoms with Crippen LogP contribution in [0, 0.1) is 5.92 Å². The Balaban J connectivity index is 1.88. The lowest BCUT2D eigenvalue weighted by Crippen LogP contribution is -2.58. The van der Waals surface area contributed by atoms with Crippen LogP contribution in [0.1, 0.15) is 5.56 Å². The first-order chi connectivity index (χ1) is 13.2. The van der Waals surface area contributed by atoms with Crippen LogP contribution in [-0.2, 0) is 15.8 Å². The van der Waals surface area contributed by atoms with Crippen molar-refractivity contribution in [3.8, 4) is 0 Å². The van der Waals surface area contributed by atoms with E-state index in [1.165, 1.54) is 18.2 Å². The first-order valence-corrected chi connectivity index (χ1v) is 8.62. The molecule has 2 aromatic rings. The molecular weight excluding hydrogens is 443 g/mol. The van der Waals surface area contributed by atoms with E-state index in [2.05, 4.69) is 20.9 Å². The molecule has 144 valence electrons. The first-order valence-electron chi connectivity index (χ1n) is 7.82. The number of carbonyl (C=O) groups is 3. The average Bonchev–Trinajstić information content (AvgIpc) is 2.62. The number of rotatable bonds is 3. The summed E-state index contributed by atoms with van der Waals surface area (Å²) >= 11 is 3.23. The van der Waals surface area contributed by atoms with Gasteiger partial charge in [-0.3, -0.25) is 19.9 Å². The summed E-state index contributed by atoms with van der Waals surface area (Å²) in [6.45, 7) is 0. The number of anilines is 1. The Kier molecular flexibility index (Phi) is 5.32. The number of amides is 4. The van der Waals surface area contributed by atoms with E-state index >= 15 is 0 Å². The maximum Gasteiger partial charge on any atom is 0.416 e. The van der Waals surface area contributed by atoms with E-state index in [0.717, 1.165) is 33.8 Å². The lowest BCUT2D eigenvalue weighted by Gasteiger charge is -2.28. The van der Waals surface area contributed by atoms with Crippen molar-refractivity contribution in [2.45, 2.75) is 6.18 Å². The Bertz CT molecular complexity index is 974. The van der Waals surface area contributed by atoms with Crippen molar-refractivity contribution in [1.82, 2.24) is 5.32 Å². The summed E-state index contributed by atoms with van der Waals surface area (Å²) in [6.07, 6.45) is -3.63. The Hall–Kier alpha value is -3.01. The third-order valence-electron chi connectivity index (χ3n) is 3.83. The molecule has 0 radical (unpaired) electrons. The van der Waals surface area contributed by atoms with Gasteiger partial charge in [0, 0.05) is 10.7 Å². The second-order valence-corrected chi connectivity index (χ2v) is 6.66. The highest BCUT2D eigenvalue weighted by atomic mass is 79.9. The number of alkyl halides is 3. The van der Waals surface area contributed by atoms with Crippen LogP contribution < -0.4 is 10.2 Å². The van der Waals surface area contributed by atoms with Gasteiger partial charge in [0.15, 0.2) is 5.92 Å². The number of hydrogen-bond donors (Lipinski definition) is 1. The minimum absolute atomic E-state index is 0.0810. The van der Waals surface area contributed by atoms with Crippen LogP contribution in [0.15, 0.2) is 58.0 Å². The third-order valence-corrected chi connectivity index (χ3v) is 4.36. The van der Waals surface area contributed by atoms with Gasteiger partial charge in [0.25, 0.3) is 5.91 Å². The van der Waals surface area contributed by atoms with Crippen molar-refractivity contribution < 1.29 is 27.6 Å². The van der Waals surface area contributed by atoms with Crippen molar-refractivity contribution >= 4 is 51.4 Å². The highest BCUT2D eigenvalue weighted by molar-refractivity contribution is 9.10. The topological polar surface area (TPSA) is 78.8 Å². The maximum absolute atomic E-state index is 12.8. The van der Waals surface area contributed by atoms with E-state index < -0.39 is 35.5 Å². The van der Waals surface area contributed by atoms with Gasteiger partial charge in [-0.15, -0.1) is 0 Å². The number of aliphatic imine (C=N–C) groups is 1. The van der Waals surface area contributed by atoms with E-state index in [9.17, 15) is 27.6 Å². The number of nitrogens with zero attached hydrogens (tertiary/aromatic N) is 2. The summed E-state index contributed by atoms with van der Waals surface area (Å²) < 4.78 is 39.1. The molecule has 2 aromatic carbocycles. The van der Waals surface area contributed by atoms with E-state index in [-0.39, 0.29) is 11.4 Å². The van der Waals surface area contributed by atoms with Gasteiger partial charge in [-0.2, -0.15) is 13.2 Å². The van der Waals surface area contributed by atoms with Gasteiger partial charge < -0.3 is 0 Å². The summed E-state index contributed by atoms with van der Waals surface area (Å²) in [5.41, 5.74) is -0.758. The Morgan fingerprint density at radius 1 is 1.07 bits per heavy atom. The average molecular weight is 454 g/mol. The Morgan fingerprint density at radius 2 is 1.75 bits per heavy atom. The first kappa shape index (κ1) is 19.7. The zero-order chi connectivity index (χ0) is 20.5. The molecule has 1 N–H and O–H groups in total. The summed E-state index contributed by atoms with van der Waals surface area (Å²) in [7, 11) is 0. The molecule has 28 heavy (non-hydrogen) atoms. The van der Waals surface area contributed by atoms with Gasteiger partial charge in [0.1, 0.15) is 0 Å². The molecule has 1 atom stereocenters. The van der Waals surface area contributed by atoms with Crippen molar-refractivity contribution in [3.63, 3.8) is 0 Å². The quantitative estimate of drug-likeness (QED) is 0.561. The van der Waals surface area contributed by atoms with Crippen molar-refractivity contribution in [2.24, 2.45) is 10.9 Å². The van der Waals surface area contributed by atoms with Crippen LogP contribution in [0.5, 0.6) is 0 Å². The molecule has 0 bridgehead atoms. The number of hydrogen-bond acceptors (Lipinski definition) is 4.